The van der Waals surface area contributed by atoms with Crippen molar-refractivity contribution in [2.24, 2.45) is 5.10 Å². The molecule has 24 heavy (non-hydrogen) atoms. The Morgan fingerprint density at radius 1 is 1.33 bits per heavy atom. The molecule has 2 heterocycles. The molecule has 1 aliphatic heterocycles. The number of rotatable bonds is 2. The zero-order valence-electron chi connectivity index (χ0n) is 12.9. The maximum Gasteiger partial charge on any atom is 0.356 e. The third-order valence-electron chi connectivity index (χ3n) is 3.51. The van der Waals surface area contributed by atoms with E-state index in [4.69, 9.17) is 0 Å². The number of nitrogens with zero attached hydrogens (tertiary/aromatic N) is 3. The fraction of sp³-hybridized carbons (Fsp3) is 0.125. The summed E-state index contributed by atoms with van der Waals surface area (Å²) in [7, 11) is 1.52. The lowest BCUT2D eigenvalue weighted by Crippen LogP contribution is -2.22. The standard InChI is InChI=1S/C16H14N4O4/c1-8-17-14-13(15(22)18-8)11(9-4-3-5-10(21)6-9)7-12(16(23)24)19-20(14)2/h3-7,21H,1-2H3,(H,23,24)(H,17,18,22). The summed E-state index contributed by atoms with van der Waals surface area (Å²) < 4.78 is 0. The first-order chi connectivity index (χ1) is 11.4. The summed E-state index contributed by atoms with van der Waals surface area (Å²) in [5.74, 6) is -0.616. The number of hydrogen-bond acceptors (Lipinski definition) is 6. The number of aromatic nitrogens is 2. The lowest BCUT2D eigenvalue weighted by atomic mass is 9.97. The van der Waals surface area contributed by atoms with Crippen molar-refractivity contribution in [1.82, 2.24) is 9.97 Å². The summed E-state index contributed by atoms with van der Waals surface area (Å²) in [6.07, 6.45) is 1.30. The minimum absolute atomic E-state index is 0.00198. The number of hydrazone groups is 1. The number of anilines is 1. The highest BCUT2D eigenvalue weighted by molar-refractivity contribution is 6.42. The number of aliphatic carboxylic acids is 1. The number of phenolic OH excluding ortho intramolecular Hbond substituents is 1. The van der Waals surface area contributed by atoms with E-state index in [0.717, 1.165) is 0 Å². The van der Waals surface area contributed by atoms with Crippen LogP contribution >= 0.6 is 0 Å². The zero-order chi connectivity index (χ0) is 17.4. The van der Waals surface area contributed by atoms with Gasteiger partial charge < -0.3 is 15.2 Å². The van der Waals surface area contributed by atoms with Crippen molar-refractivity contribution in [2.45, 2.75) is 6.92 Å². The number of carbonyl (C=O) groups is 1. The lowest BCUT2D eigenvalue weighted by Gasteiger charge is -2.15. The highest BCUT2D eigenvalue weighted by atomic mass is 16.4. The Bertz CT molecular complexity index is 959. The molecule has 3 rings (SSSR count). The SMILES string of the molecule is Cc1nc2c(c(=O)[nH]1)C(c1cccc(O)c1)=CC(C(=O)O)=NN2C. The third kappa shape index (κ3) is 2.65. The summed E-state index contributed by atoms with van der Waals surface area (Å²) in [6, 6.07) is 6.20. The zero-order valence-corrected chi connectivity index (χ0v) is 12.9. The Balaban J connectivity index is 2.37. The van der Waals surface area contributed by atoms with Crippen LogP contribution in [0.15, 0.2) is 40.2 Å². The number of benzene rings is 1. The van der Waals surface area contributed by atoms with Crippen LogP contribution in [0.2, 0.25) is 0 Å². The van der Waals surface area contributed by atoms with Gasteiger partial charge in [-0.2, -0.15) is 5.10 Å². The Hall–Kier alpha value is -3.42. The van der Waals surface area contributed by atoms with Crippen molar-refractivity contribution >= 4 is 23.1 Å². The molecule has 1 aromatic heterocycles. The van der Waals surface area contributed by atoms with Crippen LogP contribution in [0.3, 0.4) is 0 Å². The molecule has 0 aliphatic carbocycles. The van der Waals surface area contributed by atoms with Crippen molar-refractivity contribution in [3.05, 3.63) is 57.6 Å². The van der Waals surface area contributed by atoms with E-state index in [9.17, 15) is 19.8 Å². The van der Waals surface area contributed by atoms with Gasteiger partial charge in [-0.05, 0) is 30.7 Å². The van der Waals surface area contributed by atoms with Gasteiger partial charge in [0, 0.05) is 12.6 Å². The number of aromatic hydroxyl groups is 1. The second-order valence-electron chi connectivity index (χ2n) is 5.27. The van der Waals surface area contributed by atoms with Crippen molar-refractivity contribution in [3.63, 3.8) is 0 Å². The van der Waals surface area contributed by atoms with Crippen LogP contribution in [-0.2, 0) is 4.79 Å². The molecule has 0 unspecified atom stereocenters. The third-order valence-corrected chi connectivity index (χ3v) is 3.51. The molecule has 122 valence electrons. The largest absolute Gasteiger partial charge is 0.508 e. The summed E-state index contributed by atoms with van der Waals surface area (Å²) in [4.78, 5) is 30.8. The first kappa shape index (κ1) is 15.5. The second-order valence-corrected chi connectivity index (χ2v) is 5.27. The molecule has 3 N–H and O–H groups in total. The maximum absolute atomic E-state index is 12.5. The molecule has 0 spiro atoms. The number of aromatic amines is 1. The lowest BCUT2D eigenvalue weighted by molar-refractivity contribution is -0.129. The number of carboxylic acid groups (broad SMARTS) is 1. The Kier molecular flexibility index (Phi) is 3.64. The fourth-order valence-corrected chi connectivity index (χ4v) is 2.50. The van der Waals surface area contributed by atoms with Crippen molar-refractivity contribution in [1.29, 1.82) is 0 Å². The van der Waals surface area contributed by atoms with E-state index < -0.39 is 11.5 Å². The highest BCUT2D eigenvalue weighted by Crippen LogP contribution is 2.31. The van der Waals surface area contributed by atoms with Gasteiger partial charge in [0.1, 0.15) is 11.6 Å². The van der Waals surface area contributed by atoms with Crippen molar-refractivity contribution < 1.29 is 15.0 Å². The first-order valence-electron chi connectivity index (χ1n) is 7.05. The molecule has 8 heteroatoms. The fourth-order valence-electron chi connectivity index (χ4n) is 2.50. The van der Waals surface area contributed by atoms with Gasteiger partial charge >= 0.3 is 5.97 Å². The maximum atomic E-state index is 12.5. The molecule has 0 bridgehead atoms. The average molecular weight is 326 g/mol. The van der Waals surface area contributed by atoms with E-state index in [2.05, 4.69) is 15.1 Å². The van der Waals surface area contributed by atoms with Crippen molar-refractivity contribution in [3.8, 4) is 5.75 Å². The van der Waals surface area contributed by atoms with E-state index in [1.807, 2.05) is 0 Å². The van der Waals surface area contributed by atoms with Crippen molar-refractivity contribution in [2.75, 3.05) is 12.1 Å². The molecule has 0 saturated carbocycles. The summed E-state index contributed by atoms with van der Waals surface area (Å²) in [5.41, 5.74) is 0.331. The van der Waals surface area contributed by atoms with Crippen LogP contribution in [0.25, 0.3) is 5.57 Å². The topological polar surface area (TPSA) is 119 Å². The van der Waals surface area contributed by atoms with E-state index in [-0.39, 0.29) is 22.8 Å². The molecule has 2 aromatic rings. The molecule has 8 nitrogen and oxygen atoms in total. The van der Waals surface area contributed by atoms with Gasteiger partial charge in [0.15, 0.2) is 11.5 Å². The number of hydrogen-bond donors (Lipinski definition) is 3. The number of carboxylic acids is 1. The Morgan fingerprint density at radius 3 is 2.75 bits per heavy atom. The molecule has 0 fully saturated rings. The molecule has 0 radical (unpaired) electrons. The average Bonchev–Trinajstić information content (AvgIpc) is 2.65. The minimum atomic E-state index is -1.24. The number of H-pyrrole nitrogens is 1. The molecule has 1 aliphatic rings. The van der Waals surface area contributed by atoms with E-state index in [1.165, 1.54) is 30.3 Å². The van der Waals surface area contributed by atoms with Gasteiger partial charge in [0.25, 0.3) is 5.56 Å². The predicted octanol–water partition coefficient (Wildman–Crippen LogP) is 1.11. The molecular weight excluding hydrogens is 312 g/mol. The normalized spacial score (nSPS) is 13.7. The van der Waals surface area contributed by atoms with Gasteiger partial charge in [-0.15, -0.1) is 0 Å². The predicted molar refractivity (Wildman–Crippen MR) is 88.3 cm³/mol. The van der Waals surface area contributed by atoms with Crippen LogP contribution < -0.4 is 10.6 Å². The minimum Gasteiger partial charge on any atom is -0.508 e. The number of nitrogens with one attached hydrogen (secondary N) is 1. The second kappa shape index (κ2) is 5.65. The highest BCUT2D eigenvalue weighted by Gasteiger charge is 2.25. The van der Waals surface area contributed by atoms with Crippen LogP contribution in [0, 0.1) is 6.92 Å². The molecule has 0 saturated heterocycles. The van der Waals surface area contributed by atoms with Crippen LogP contribution in [0.5, 0.6) is 5.75 Å². The molecule has 1 aromatic carbocycles. The number of aryl methyl sites for hydroxylation is 1. The van der Waals surface area contributed by atoms with Crippen LogP contribution in [0.1, 0.15) is 17.0 Å². The van der Waals surface area contributed by atoms with E-state index >= 15 is 0 Å². The summed E-state index contributed by atoms with van der Waals surface area (Å²) in [5, 5.41) is 24.3. The quantitative estimate of drug-likeness (QED) is 0.760. The van der Waals surface area contributed by atoms with Gasteiger partial charge in [-0.1, -0.05) is 12.1 Å². The van der Waals surface area contributed by atoms with Gasteiger partial charge in [-0.25, -0.2) is 14.8 Å². The van der Waals surface area contributed by atoms with Gasteiger partial charge in [0.2, 0.25) is 0 Å². The van der Waals surface area contributed by atoms with Gasteiger partial charge in [0.05, 0.1) is 5.56 Å². The smallest absolute Gasteiger partial charge is 0.356 e. The molecule has 0 amide bonds. The number of phenols is 1. The number of fused-ring (bicyclic) bond motifs is 1. The Morgan fingerprint density at radius 2 is 2.08 bits per heavy atom. The van der Waals surface area contributed by atoms with Crippen LogP contribution in [-0.4, -0.2) is 38.9 Å². The summed E-state index contributed by atoms with van der Waals surface area (Å²) in [6.45, 7) is 1.62. The van der Waals surface area contributed by atoms with Crippen LogP contribution in [0.4, 0.5) is 5.82 Å². The monoisotopic (exact) mass is 326 g/mol. The summed E-state index contributed by atoms with van der Waals surface area (Å²) >= 11 is 0. The molecule has 0 atom stereocenters. The van der Waals surface area contributed by atoms with Gasteiger partial charge in [-0.3, -0.25) is 4.79 Å². The van der Waals surface area contributed by atoms with E-state index in [0.29, 0.717) is 17.0 Å². The Labute approximate surface area is 136 Å². The first-order valence-corrected chi connectivity index (χ1v) is 7.05. The van der Waals surface area contributed by atoms with E-state index in [1.54, 1.807) is 19.1 Å². The molecular formula is C16H14N4O4.